The molecule has 0 heterocycles. The van der Waals surface area contributed by atoms with Crippen LogP contribution in [0.2, 0.25) is 0 Å². The monoisotopic (exact) mass is 221 g/mol. The average molecular weight is 221 g/mol. The predicted molar refractivity (Wildman–Crippen MR) is 67.8 cm³/mol. The van der Waals surface area contributed by atoms with Crippen LogP contribution in [0.25, 0.3) is 0 Å². The lowest BCUT2D eigenvalue weighted by molar-refractivity contribution is 0.0803. The van der Waals surface area contributed by atoms with Crippen molar-refractivity contribution in [3.8, 4) is 0 Å². The molecule has 0 fully saturated rings. The first-order valence-corrected chi connectivity index (χ1v) is 5.29. The third-order valence-corrected chi connectivity index (χ3v) is 2.55. The van der Waals surface area contributed by atoms with E-state index in [1.165, 1.54) is 0 Å². The van der Waals surface area contributed by atoms with Crippen LogP contribution in [0.15, 0.2) is 18.2 Å². The van der Waals surface area contributed by atoms with Crippen molar-refractivity contribution in [1.82, 2.24) is 4.90 Å². The van der Waals surface area contributed by atoms with Crippen LogP contribution in [0.1, 0.15) is 17.3 Å². The van der Waals surface area contributed by atoms with Crippen molar-refractivity contribution in [3.63, 3.8) is 0 Å². The smallest absolute Gasteiger partial charge is 0.255 e. The molecule has 0 aliphatic carbocycles. The SMILES string of the molecule is CCN(C)C(=O)c1cc(N)ccc1N(C)C. The van der Waals surface area contributed by atoms with Crippen molar-refractivity contribution in [2.75, 3.05) is 38.3 Å². The molecule has 0 unspecified atom stereocenters. The molecule has 0 aliphatic rings. The number of nitrogens with two attached hydrogens (primary N) is 1. The number of nitrogens with zero attached hydrogens (tertiary/aromatic N) is 2. The number of hydrogen-bond acceptors (Lipinski definition) is 3. The summed E-state index contributed by atoms with van der Waals surface area (Å²) < 4.78 is 0. The first kappa shape index (κ1) is 12.4. The van der Waals surface area contributed by atoms with E-state index >= 15 is 0 Å². The molecule has 0 saturated heterocycles. The largest absolute Gasteiger partial charge is 0.399 e. The highest BCUT2D eigenvalue weighted by Crippen LogP contribution is 2.22. The van der Waals surface area contributed by atoms with E-state index in [4.69, 9.17) is 5.73 Å². The van der Waals surface area contributed by atoms with Gasteiger partial charge >= 0.3 is 0 Å². The van der Waals surface area contributed by atoms with Gasteiger partial charge in [-0.2, -0.15) is 0 Å². The third kappa shape index (κ3) is 2.45. The van der Waals surface area contributed by atoms with Gasteiger partial charge in [0, 0.05) is 39.1 Å². The van der Waals surface area contributed by atoms with Crippen LogP contribution in [-0.2, 0) is 0 Å². The zero-order valence-electron chi connectivity index (χ0n) is 10.3. The van der Waals surface area contributed by atoms with Gasteiger partial charge in [-0.15, -0.1) is 0 Å². The van der Waals surface area contributed by atoms with E-state index in [-0.39, 0.29) is 5.91 Å². The van der Waals surface area contributed by atoms with E-state index in [0.717, 1.165) is 5.69 Å². The second kappa shape index (κ2) is 4.88. The molecule has 0 aromatic heterocycles. The fourth-order valence-electron chi connectivity index (χ4n) is 1.46. The third-order valence-electron chi connectivity index (χ3n) is 2.55. The highest BCUT2D eigenvalue weighted by Gasteiger charge is 2.16. The van der Waals surface area contributed by atoms with Gasteiger partial charge in [-0.1, -0.05) is 0 Å². The van der Waals surface area contributed by atoms with Gasteiger partial charge in [0.25, 0.3) is 5.91 Å². The molecule has 0 bridgehead atoms. The Morgan fingerprint density at radius 2 is 1.94 bits per heavy atom. The molecule has 0 saturated carbocycles. The number of carbonyl (C=O) groups excluding carboxylic acids is 1. The summed E-state index contributed by atoms with van der Waals surface area (Å²) in [5, 5.41) is 0. The van der Waals surface area contributed by atoms with Crippen LogP contribution in [0.4, 0.5) is 11.4 Å². The second-order valence-corrected chi connectivity index (χ2v) is 3.99. The molecule has 1 aromatic carbocycles. The van der Waals surface area contributed by atoms with Crippen molar-refractivity contribution in [2.24, 2.45) is 0 Å². The summed E-state index contributed by atoms with van der Waals surface area (Å²) in [5.74, 6) is -0.00139. The summed E-state index contributed by atoms with van der Waals surface area (Å²) >= 11 is 0. The van der Waals surface area contributed by atoms with E-state index in [2.05, 4.69) is 0 Å². The number of rotatable bonds is 3. The standard InChI is InChI=1S/C12H19N3O/c1-5-15(4)12(16)10-8-9(13)6-7-11(10)14(2)3/h6-8H,5,13H2,1-4H3. The van der Waals surface area contributed by atoms with Gasteiger partial charge in [0.1, 0.15) is 0 Å². The molecule has 0 spiro atoms. The minimum atomic E-state index is -0.00139. The topological polar surface area (TPSA) is 49.6 Å². The Kier molecular flexibility index (Phi) is 3.77. The first-order valence-electron chi connectivity index (χ1n) is 5.29. The maximum Gasteiger partial charge on any atom is 0.255 e. The molecule has 88 valence electrons. The van der Waals surface area contributed by atoms with E-state index in [9.17, 15) is 4.79 Å². The lowest BCUT2D eigenvalue weighted by atomic mass is 10.1. The molecule has 0 aliphatic heterocycles. The van der Waals surface area contributed by atoms with Crippen molar-refractivity contribution in [1.29, 1.82) is 0 Å². The number of nitrogen functional groups attached to an aromatic ring is 1. The predicted octanol–water partition coefficient (Wildman–Crippen LogP) is 1.43. The normalized spacial score (nSPS) is 10.0. The molecule has 0 atom stereocenters. The van der Waals surface area contributed by atoms with E-state index in [1.54, 1.807) is 24.1 Å². The number of amides is 1. The summed E-state index contributed by atoms with van der Waals surface area (Å²) in [7, 11) is 5.60. The van der Waals surface area contributed by atoms with Gasteiger partial charge in [-0.05, 0) is 25.1 Å². The highest BCUT2D eigenvalue weighted by molar-refractivity contribution is 6.00. The van der Waals surface area contributed by atoms with Crippen LogP contribution in [0.3, 0.4) is 0 Å². The highest BCUT2D eigenvalue weighted by atomic mass is 16.2. The minimum Gasteiger partial charge on any atom is -0.399 e. The lowest BCUT2D eigenvalue weighted by Gasteiger charge is -2.21. The van der Waals surface area contributed by atoms with Gasteiger partial charge < -0.3 is 15.5 Å². The quantitative estimate of drug-likeness (QED) is 0.785. The number of anilines is 2. The summed E-state index contributed by atoms with van der Waals surface area (Å²) in [4.78, 5) is 15.7. The van der Waals surface area contributed by atoms with Gasteiger partial charge in [0.15, 0.2) is 0 Å². The van der Waals surface area contributed by atoms with Crippen LogP contribution >= 0.6 is 0 Å². The molecular weight excluding hydrogens is 202 g/mol. The fraction of sp³-hybridized carbons (Fsp3) is 0.417. The van der Waals surface area contributed by atoms with Gasteiger partial charge in [-0.3, -0.25) is 4.79 Å². The van der Waals surface area contributed by atoms with Gasteiger partial charge in [0.2, 0.25) is 0 Å². The molecule has 1 aromatic rings. The Balaban J connectivity index is 3.19. The van der Waals surface area contributed by atoms with E-state index in [0.29, 0.717) is 17.8 Å². The van der Waals surface area contributed by atoms with Crippen molar-refractivity contribution >= 4 is 17.3 Å². The molecule has 2 N–H and O–H groups in total. The van der Waals surface area contributed by atoms with E-state index < -0.39 is 0 Å². The maximum absolute atomic E-state index is 12.1. The van der Waals surface area contributed by atoms with Gasteiger partial charge in [-0.25, -0.2) is 0 Å². The Hall–Kier alpha value is -1.71. The molecule has 1 amide bonds. The first-order chi connectivity index (χ1) is 7.47. The van der Waals surface area contributed by atoms with Crippen molar-refractivity contribution in [2.45, 2.75) is 6.92 Å². The van der Waals surface area contributed by atoms with Crippen molar-refractivity contribution < 1.29 is 4.79 Å². The molecule has 4 nitrogen and oxygen atoms in total. The van der Waals surface area contributed by atoms with Crippen LogP contribution in [-0.4, -0.2) is 38.5 Å². The van der Waals surface area contributed by atoms with Crippen molar-refractivity contribution in [3.05, 3.63) is 23.8 Å². The maximum atomic E-state index is 12.1. The summed E-state index contributed by atoms with van der Waals surface area (Å²) in [5.41, 5.74) is 7.86. The molecule has 1 rings (SSSR count). The number of carbonyl (C=O) groups is 1. The zero-order chi connectivity index (χ0) is 12.3. The molecule has 4 heteroatoms. The lowest BCUT2D eigenvalue weighted by Crippen LogP contribution is -2.28. The molecule has 16 heavy (non-hydrogen) atoms. The van der Waals surface area contributed by atoms with Crippen LogP contribution < -0.4 is 10.6 Å². The van der Waals surface area contributed by atoms with Gasteiger partial charge in [0.05, 0.1) is 5.56 Å². The fourth-order valence-corrected chi connectivity index (χ4v) is 1.46. The second-order valence-electron chi connectivity index (χ2n) is 3.99. The summed E-state index contributed by atoms with van der Waals surface area (Å²) in [6.07, 6.45) is 0. The summed E-state index contributed by atoms with van der Waals surface area (Å²) in [6.45, 7) is 2.63. The zero-order valence-corrected chi connectivity index (χ0v) is 10.3. The Labute approximate surface area is 96.6 Å². The Bertz CT molecular complexity index is 388. The summed E-state index contributed by atoms with van der Waals surface area (Å²) in [6, 6.07) is 5.40. The Morgan fingerprint density at radius 1 is 1.31 bits per heavy atom. The van der Waals surface area contributed by atoms with E-state index in [1.807, 2.05) is 32.0 Å². The molecular formula is C12H19N3O. The number of benzene rings is 1. The average Bonchev–Trinajstić information content (AvgIpc) is 2.26. The van der Waals surface area contributed by atoms with Crippen LogP contribution in [0, 0.1) is 0 Å². The number of hydrogen-bond donors (Lipinski definition) is 1. The van der Waals surface area contributed by atoms with Crippen LogP contribution in [0.5, 0.6) is 0 Å². The minimum absolute atomic E-state index is 0.00139. The molecule has 0 radical (unpaired) electrons. The Morgan fingerprint density at radius 3 is 2.44 bits per heavy atom.